The van der Waals surface area contributed by atoms with Crippen LogP contribution in [0.1, 0.15) is 40.2 Å². The fraction of sp³-hybridized carbons (Fsp3) is 0.409. The highest BCUT2D eigenvalue weighted by Crippen LogP contribution is 2.35. The summed E-state index contributed by atoms with van der Waals surface area (Å²) in [5.74, 6) is 1.40. The van der Waals surface area contributed by atoms with Gasteiger partial charge >= 0.3 is 0 Å². The second-order valence-electron chi connectivity index (χ2n) is 7.31. The number of carbonyl (C=O) groups is 1. The van der Waals surface area contributed by atoms with E-state index in [1.54, 1.807) is 7.05 Å². The summed E-state index contributed by atoms with van der Waals surface area (Å²) in [6.07, 6.45) is 2.24. The van der Waals surface area contributed by atoms with Crippen molar-refractivity contribution in [1.82, 2.24) is 14.5 Å². The molecule has 0 unspecified atom stereocenters. The van der Waals surface area contributed by atoms with Crippen molar-refractivity contribution in [3.05, 3.63) is 50.4 Å². The summed E-state index contributed by atoms with van der Waals surface area (Å²) in [5.41, 5.74) is 2.83. The van der Waals surface area contributed by atoms with Crippen molar-refractivity contribution in [3.63, 3.8) is 0 Å². The second-order valence-corrected chi connectivity index (χ2v) is 8.31. The Morgan fingerprint density at radius 3 is 2.50 bits per heavy atom. The lowest BCUT2D eigenvalue weighted by molar-refractivity contribution is 0.0738. The first-order valence-corrected chi connectivity index (χ1v) is 10.9. The van der Waals surface area contributed by atoms with E-state index in [2.05, 4.69) is 4.98 Å². The number of hydrogen-bond donors (Lipinski definition) is 0. The van der Waals surface area contributed by atoms with Crippen LogP contribution in [-0.2, 0) is 20.0 Å². The third-order valence-corrected chi connectivity index (χ3v) is 6.56. The van der Waals surface area contributed by atoms with Crippen LogP contribution in [0, 0.1) is 6.92 Å². The molecule has 3 aromatic rings. The molecule has 8 heteroatoms. The molecule has 0 atom stereocenters. The van der Waals surface area contributed by atoms with E-state index in [0.29, 0.717) is 52.7 Å². The Hall–Kier alpha value is -2.87. The van der Waals surface area contributed by atoms with E-state index in [-0.39, 0.29) is 11.5 Å². The average Bonchev–Trinajstić information content (AvgIpc) is 3.07. The molecule has 0 aliphatic carbocycles. The van der Waals surface area contributed by atoms with Crippen molar-refractivity contribution in [2.45, 2.75) is 33.7 Å². The van der Waals surface area contributed by atoms with Gasteiger partial charge in [-0.1, -0.05) is 0 Å². The largest absolute Gasteiger partial charge is 0.490 e. The second kappa shape index (κ2) is 8.10. The zero-order valence-corrected chi connectivity index (χ0v) is 18.5. The first kappa shape index (κ1) is 20.4. The van der Waals surface area contributed by atoms with Crippen molar-refractivity contribution < 1.29 is 14.3 Å². The molecule has 4 rings (SSSR count). The topological polar surface area (TPSA) is 73.7 Å². The minimum Gasteiger partial charge on any atom is -0.490 e. The Morgan fingerprint density at radius 2 is 1.83 bits per heavy atom. The smallest absolute Gasteiger partial charge is 0.264 e. The van der Waals surface area contributed by atoms with Crippen LogP contribution in [0.4, 0.5) is 0 Å². The first-order valence-electron chi connectivity index (χ1n) is 10.1. The van der Waals surface area contributed by atoms with Gasteiger partial charge in [0.05, 0.1) is 29.8 Å². The summed E-state index contributed by atoms with van der Waals surface area (Å²) >= 11 is 1.29. The lowest BCUT2D eigenvalue weighted by Crippen LogP contribution is -2.36. The highest BCUT2D eigenvalue weighted by molar-refractivity contribution is 7.20. The maximum Gasteiger partial charge on any atom is 0.264 e. The quantitative estimate of drug-likeness (QED) is 0.625. The van der Waals surface area contributed by atoms with Gasteiger partial charge in [0, 0.05) is 20.1 Å². The van der Waals surface area contributed by atoms with Crippen molar-refractivity contribution in [1.29, 1.82) is 0 Å². The van der Waals surface area contributed by atoms with Gasteiger partial charge in [0.15, 0.2) is 11.5 Å². The summed E-state index contributed by atoms with van der Waals surface area (Å²) in [4.78, 5) is 33.2. The average molecular weight is 428 g/mol. The van der Waals surface area contributed by atoms with Crippen LogP contribution in [0.5, 0.6) is 11.5 Å². The number of benzene rings is 1. The molecule has 3 heterocycles. The molecule has 2 aromatic heterocycles. The van der Waals surface area contributed by atoms with Gasteiger partial charge in [0.1, 0.15) is 4.83 Å². The molecule has 1 aliphatic rings. The number of carbonyl (C=O) groups excluding carboxylic acids is 1. The van der Waals surface area contributed by atoms with Gasteiger partial charge in [-0.05, 0) is 56.0 Å². The Balaban J connectivity index is 1.66. The Kier molecular flexibility index (Phi) is 5.51. The Labute approximate surface area is 178 Å². The Bertz CT molecular complexity index is 1180. The number of thiophene rings is 1. The molecule has 1 aromatic carbocycles. The molecule has 1 amide bonds. The van der Waals surface area contributed by atoms with E-state index >= 15 is 0 Å². The van der Waals surface area contributed by atoms with Gasteiger partial charge in [-0.15, -0.1) is 11.3 Å². The molecular weight excluding hydrogens is 402 g/mol. The number of amides is 1. The third-order valence-electron chi connectivity index (χ3n) is 5.37. The SMILES string of the molecule is CCOc1cc2c(cc1OCC)CN(C(=O)c1sc3ncn(C)c(=O)c3c1C)CC2. The number of rotatable bonds is 5. The van der Waals surface area contributed by atoms with Gasteiger partial charge in [-0.25, -0.2) is 4.98 Å². The van der Waals surface area contributed by atoms with E-state index in [1.165, 1.54) is 27.8 Å². The van der Waals surface area contributed by atoms with Crippen molar-refractivity contribution >= 4 is 27.5 Å². The lowest BCUT2D eigenvalue weighted by atomic mass is 9.98. The number of fused-ring (bicyclic) bond motifs is 2. The fourth-order valence-corrected chi connectivity index (χ4v) is 4.94. The van der Waals surface area contributed by atoms with Crippen LogP contribution >= 0.6 is 11.3 Å². The van der Waals surface area contributed by atoms with Gasteiger partial charge in [0.25, 0.3) is 11.5 Å². The third kappa shape index (κ3) is 3.45. The van der Waals surface area contributed by atoms with Crippen LogP contribution in [0.2, 0.25) is 0 Å². The number of nitrogens with zero attached hydrogens (tertiary/aromatic N) is 3. The fourth-order valence-electron chi connectivity index (χ4n) is 3.83. The van der Waals surface area contributed by atoms with E-state index in [9.17, 15) is 9.59 Å². The van der Waals surface area contributed by atoms with Crippen LogP contribution in [0.15, 0.2) is 23.3 Å². The zero-order valence-electron chi connectivity index (χ0n) is 17.7. The van der Waals surface area contributed by atoms with Crippen LogP contribution in [0.3, 0.4) is 0 Å². The number of aromatic nitrogens is 2. The molecule has 0 spiro atoms. The summed E-state index contributed by atoms with van der Waals surface area (Å²) in [6.45, 7) is 7.95. The maximum absolute atomic E-state index is 13.3. The molecule has 1 aliphatic heterocycles. The highest BCUT2D eigenvalue weighted by Gasteiger charge is 2.27. The molecular formula is C22H25N3O4S. The summed E-state index contributed by atoms with van der Waals surface area (Å²) < 4.78 is 12.9. The molecule has 7 nitrogen and oxygen atoms in total. The lowest BCUT2D eigenvalue weighted by Gasteiger charge is -2.29. The van der Waals surface area contributed by atoms with E-state index in [0.717, 1.165) is 17.7 Å². The van der Waals surface area contributed by atoms with Crippen molar-refractivity contribution in [3.8, 4) is 11.5 Å². The van der Waals surface area contributed by atoms with Gasteiger partial charge in [-0.2, -0.15) is 0 Å². The number of ether oxygens (including phenoxy) is 2. The highest BCUT2D eigenvalue weighted by atomic mass is 32.1. The van der Waals surface area contributed by atoms with Crippen LogP contribution in [-0.4, -0.2) is 40.1 Å². The van der Waals surface area contributed by atoms with Crippen LogP contribution in [0.25, 0.3) is 10.2 Å². The minimum absolute atomic E-state index is 0.0601. The van der Waals surface area contributed by atoms with E-state index in [4.69, 9.17) is 9.47 Å². The number of aryl methyl sites for hydroxylation is 2. The minimum atomic E-state index is -0.124. The first-order chi connectivity index (χ1) is 14.4. The van der Waals surface area contributed by atoms with Gasteiger partial charge in [-0.3, -0.25) is 9.59 Å². The standard InChI is InChI=1S/C22H25N3O4S/c1-5-28-16-9-14-7-8-25(11-15(14)10-17(16)29-6-2)22(27)19-13(3)18-20(30-19)23-12-24(4)21(18)26/h9-10,12H,5-8,11H2,1-4H3. The van der Waals surface area contributed by atoms with Crippen molar-refractivity contribution in [2.24, 2.45) is 7.05 Å². The van der Waals surface area contributed by atoms with Crippen LogP contribution < -0.4 is 15.0 Å². The number of hydrogen-bond acceptors (Lipinski definition) is 6. The molecule has 0 bridgehead atoms. The summed E-state index contributed by atoms with van der Waals surface area (Å²) in [5, 5.41) is 0.533. The van der Waals surface area contributed by atoms with Crippen molar-refractivity contribution in [2.75, 3.05) is 19.8 Å². The molecule has 30 heavy (non-hydrogen) atoms. The molecule has 0 saturated heterocycles. The normalized spacial score (nSPS) is 13.4. The Morgan fingerprint density at radius 1 is 1.17 bits per heavy atom. The summed E-state index contributed by atoms with van der Waals surface area (Å²) in [6, 6.07) is 4.02. The van der Waals surface area contributed by atoms with Gasteiger partial charge in [0.2, 0.25) is 0 Å². The zero-order chi connectivity index (χ0) is 21.4. The predicted octanol–water partition coefficient (Wildman–Crippen LogP) is 3.30. The molecule has 0 fully saturated rings. The molecule has 0 radical (unpaired) electrons. The molecule has 158 valence electrons. The van der Waals surface area contributed by atoms with Gasteiger partial charge < -0.3 is 18.9 Å². The monoisotopic (exact) mass is 427 g/mol. The molecule has 0 N–H and O–H groups in total. The molecule has 0 saturated carbocycles. The van der Waals surface area contributed by atoms with E-state index in [1.807, 2.05) is 37.8 Å². The van der Waals surface area contributed by atoms with E-state index < -0.39 is 0 Å². The predicted molar refractivity (Wildman–Crippen MR) is 117 cm³/mol. The summed E-state index contributed by atoms with van der Waals surface area (Å²) in [7, 11) is 1.67. The maximum atomic E-state index is 13.3.